The number of nitrogens with zero attached hydrogens (tertiary/aromatic N) is 2. The van der Waals surface area contributed by atoms with Crippen molar-refractivity contribution in [2.75, 3.05) is 26.3 Å². The van der Waals surface area contributed by atoms with Gasteiger partial charge in [0.1, 0.15) is 17.2 Å². The van der Waals surface area contributed by atoms with Gasteiger partial charge in [0.25, 0.3) is 11.8 Å². The monoisotopic (exact) mass is 383 g/mol. The summed E-state index contributed by atoms with van der Waals surface area (Å²) in [6.45, 7) is 3.73. The molecule has 7 nitrogen and oxygen atoms in total. The molecular formula is C21H25N3O4. The maximum Gasteiger partial charge on any atom is 0.270 e. The maximum atomic E-state index is 12.4. The number of aromatic nitrogens is 1. The highest BCUT2D eigenvalue weighted by atomic mass is 16.5. The predicted octanol–water partition coefficient (Wildman–Crippen LogP) is 2.28. The van der Waals surface area contributed by atoms with Gasteiger partial charge in [0.05, 0.1) is 6.61 Å². The van der Waals surface area contributed by atoms with Crippen LogP contribution in [0.1, 0.15) is 30.3 Å². The van der Waals surface area contributed by atoms with Gasteiger partial charge in [0.15, 0.2) is 6.61 Å². The molecule has 7 heteroatoms. The highest BCUT2D eigenvalue weighted by molar-refractivity contribution is 5.92. The van der Waals surface area contributed by atoms with Crippen molar-refractivity contribution in [1.29, 1.82) is 0 Å². The van der Waals surface area contributed by atoms with Crippen molar-refractivity contribution in [2.24, 2.45) is 0 Å². The van der Waals surface area contributed by atoms with E-state index in [0.717, 1.165) is 5.75 Å². The Morgan fingerprint density at radius 1 is 1.07 bits per heavy atom. The van der Waals surface area contributed by atoms with Crippen LogP contribution in [-0.2, 0) is 4.79 Å². The summed E-state index contributed by atoms with van der Waals surface area (Å²) in [6.07, 6.45) is 3.03. The van der Waals surface area contributed by atoms with Gasteiger partial charge in [-0.15, -0.1) is 0 Å². The summed E-state index contributed by atoms with van der Waals surface area (Å²) in [5.41, 5.74) is 0.407. The van der Waals surface area contributed by atoms with E-state index in [1.165, 1.54) is 0 Å². The number of hydrogen-bond acceptors (Lipinski definition) is 5. The number of carbonyl (C=O) groups excluding carboxylic acids is 2. The molecular weight excluding hydrogens is 358 g/mol. The molecule has 2 heterocycles. The van der Waals surface area contributed by atoms with Crippen molar-refractivity contribution in [3.05, 3.63) is 54.4 Å². The van der Waals surface area contributed by atoms with E-state index in [9.17, 15) is 9.59 Å². The fraction of sp³-hybridized carbons (Fsp3) is 0.381. The van der Waals surface area contributed by atoms with Gasteiger partial charge < -0.3 is 19.7 Å². The molecule has 0 saturated carbocycles. The van der Waals surface area contributed by atoms with Crippen molar-refractivity contribution in [2.45, 2.75) is 25.8 Å². The Morgan fingerprint density at radius 2 is 1.75 bits per heavy atom. The largest absolute Gasteiger partial charge is 0.494 e. The Hall–Kier alpha value is -3.09. The Bertz CT molecular complexity index is 772. The van der Waals surface area contributed by atoms with E-state index in [2.05, 4.69) is 10.3 Å². The van der Waals surface area contributed by atoms with Gasteiger partial charge in [-0.3, -0.25) is 14.6 Å². The van der Waals surface area contributed by atoms with Crippen molar-refractivity contribution in [1.82, 2.24) is 15.2 Å². The van der Waals surface area contributed by atoms with Crippen LogP contribution in [-0.4, -0.2) is 54.0 Å². The molecule has 3 rings (SSSR count). The SMILES string of the molecule is CCOc1ccc(OCC(=O)N2CCC(NC(=O)c3ccccn3)CC2)cc1. The van der Waals surface area contributed by atoms with Crippen LogP contribution in [0.5, 0.6) is 11.5 Å². The number of carbonyl (C=O) groups is 2. The van der Waals surface area contributed by atoms with E-state index in [1.54, 1.807) is 41.4 Å². The number of rotatable bonds is 7. The molecule has 1 fully saturated rings. The molecule has 0 bridgehead atoms. The molecule has 148 valence electrons. The van der Waals surface area contributed by atoms with Crippen LogP contribution in [0.4, 0.5) is 0 Å². The highest BCUT2D eigenvalue weighted by Crippen LogP contribution is 2.18. The molecule has 0 radical (unpaired) electrons. The van der Waals surface area contributed by atoms with Crippen molar-refractivity contribution >= 4 is 11.8 Å². The Labute approximate surface area is 164 Å². The normalized spacial score (nSPS) is 14.4. The lowest BCUT2D eigenvalue weighted by Gasteiger charge is -2.32. The van der Waals surface area contributed by atoms with E-state index in [0.29, 0.717) is 44.0 Å². The molecule has 1 aromatic heterocycles. The number of pyridine rings is 1. The summed E-state index contributed by atoms with van der Waals surface area (Å²) in [5, 5.41) is 2.99. The zero-order valence-electron chi connectivity index (χ0n) is 16.0. The molecule has 1 aliphatic rings. The van der Waals surface area contributed by atoms with Gasteiger partial charge in [-0.1, -0.05) is 6.07 Å². The molecule has 0 spiro atoms. The van der Waals surface area contributed by atoms with Gasteiger partial charge in [0.2, 0.25) is 0 Å². The number of nitrogens with one attached hydrogen (secondary N) is 1. The second-order valence-corrected chi connectivity index (χ2v) is 6.54. The summed E-state index contributed by atoms with van der Waals surface area (Å²) in [5.74, 6) is 1.18. The first kappa shape index (κ1) is 19.7. The van der Waals surface area contributed by atoms with E-state index in [4.69, 9.17) is 9.47 Å². The number of hydrogen-bond donors (Lipinski definition) is 1. The minimum Gasteiger partial charge on any atom is -0.494 e. The van der Waals surface area contributed by atoms with Gasteiger partial charge in [-0.05, 0) is 56.2 Å². The lowest BCUT2D eigenvalue weighted by Crippen LogP contribution is -2.47. The molecule has 28 heavy (non-hydrogen) atoms. The molecule has 1 aliphatic heterocycles. The van der Waals surface area contributed by atoms with Crippen molar-refractivity contribution < 1.29 is 19.1 Å². The molecule has 0 aliphatic carbocycles. The summed E-state index contributed by atoms with van der Waals surface area (Å²) < 4.78 is 11.0. The summed E-state index contributed by atoms with van der Waals surface area (Å²) in [7, 11) is 0. The third kappa shape index (κ3) is 5.45. The van der Waals surface area contributed by atoms with Gasteiger partial charge in [-0.25, -0.2) is 0 Å². The minimum atomic E-state index is -0.177. The second-order valence-electron chi connectivity index (χ2n) is 6.54. The molecule has 2 aromatic rings. The molecule has 0 atom stereocenters. The van der Waals surface area contributed by atoms with E-state index in [-0.39, 0.29) is 24.5 Å². The predicted molar refractivity (Wildman–Crippen MR) is 104 cm³/mol. The highest BCUT2D eigenvalue weighted by Gasteiger charge is 2.24. The molecule has 1 N–H and O–H groups in total. The zero-order valence-corrected chi connectivity index (χ0v) is 16.0. The van der Waals surface area contributed by atoms with Crippen LogP contribution in [0.2, 0.25) is 0 Å². The average molecular weight is 383 g/mol. The topological polar surface area (TPSA) is 80.8 Å². The molecule has 2 amide bonds. The summed E-state index contributed by atoms with van der Waals surface area (Å²) in [6, 6.07) is 12.5. The second kappa shape index (κ2) is 9.73. The molecule has 1 aromatic carbocycles. The van der Waals surface area contributed by atoms with Gasteiger partial charge in [-0.2, -0.15) is 0 Å². The maximum absolute atomic E-state index is 12.4. The van der Waals surface area contributed by atoms with Crippen molar-refractivity contribution in [3.8, 4) is 11.5 Å². The smallest absolute Gasteiger partial charge is 0.270 e. The van der Waals surface area contributed by atoms with E-state index < -0.39 is 0 Å². The fourth-order valence-corrected chi connectivity index (χ4v) is 3.06. The number of likely N-dealkylation sites (tertiary alicyclic amines) is 1. The lowest BCUT2D eigenvalue weighted by atomic mass is 10.0. The van der Waals surface area contributed by atoms with Crippen LogP contribution >= 0.6 is 0 Å². The molecule has 0 unspecified atom stereocenters. The van der Waals surface area contributed by atoms with Crippen LogP contribution in [0.3, 0.4) is 0 Å². The number of benzene rings is 1. The van der Waals surface area contributed by atoms with Crippen molar-refractivity contribution in [3.63, 3.8) is 0 Å². The standard InChI is InChI=1S/C21H25N3O4/c1-2-27-17-6-8-18(9-7-17)28-15-20(25)24-13-10-16(11-14-24)23-21(26)19-5-3-4-12-22-19/h3-9,12,16H,2,10-11,13-15H2,1H3,(H,23,26). The quantitative estimate of drug-likeness (QED) is 0.793. The van der Waals surface area contributed by atoms with Gasteiger partial charge in [0, 0.05) is 25.3 Å². The Kier molecular flexibility index (Phi) is 6.84. The summed E-state index contributed by atoms with van der Waals surface area (Å²) >= 11 is 0. The fourth-order valence-electron chi connectivity index (χ4n) is 3.06. The average Bonchev–Trinajstić information content (AvgIpc) is 2.74. The first-order chi connectivity index (χ1) is 13.7. The molecule has 1 saturated heterocycles. The van der Waals surface area contributed by atoms with Crippen LogP contribution in [0, 0.1) is 0 Å². The number of ether oxygens (including phenoxy) is 2. The Morgan fingerprint density at radius 3 is 2.36 bits per heavy atom. The van der Waals surface area contributed by atoms with Gasteiger partial charge >= 0.3 is 0 Å². The first-order valence-corrected chi connectivity index (χ1v) is 9.51. The lowest BCUT2D eigenvalue weighted by molar-refractivity contribution is -0.134. The third-order valence-corrected chi connectivity index (χ3v) is 4.58. The zero-order chi connectivity index (χ0) is 19.8. The van der Waals surface area contributed by atoms with Crippen LogP contribution < -0.4 is 14.8 Å². The summed E-state index contributed by atoms with van der Waals surface area (Å²) in [4.78, 5) is 30.4. The third-order valence-electron chi connectivity index (χ3n) is 4.58. The van der Waals surface area contributed by atoms with Crippen LogP contribution in [0.25, 0.3) is 0 Å². The Balaban J connectivity index is 1.40. The number of piperidine rings is 1. The minimum absolute atomic E-state index is 0.00105. The van der Waals surface area contributed by atoms with E-state index in [1.807, 2.05) is 19.1 Å². The van der Waals surface area contributed by atoms with Crippen LogP contribution in [0.15, 0.2) is 48.7 Å². The number of amides is 2. The first-order valence-electron chi connectivity index (χ1n) is 9.51. The van der Waals surface area contributed by atoms with E-state index >= 15 is 0 Å².